The summed E-state index contributed by atoms with van der Waals surface area (Å²) >= 11 is 6.85. The van der Waals surface area contributed by atoms with E-state index in [0.29, 0.717) is 21.3 Å². The van der Waals surface area contributed by atoms with Crippen molar-refractivity contribution in [1.29, 1.82) is 10.5 Å². The number of allylic oxidation sites excluding steroid dienone is 1. The minimum Gasteiger partial charge on any atom is -0.325 e. The zero-order valence-electron chi connectivity index (χ0n) is 13.6. The van der Waals surface area contributed by atoms with E-state index in [9.17, 15) is 20.1 Å². The van der Waals surface area contributed by atoms with Gasteiger partial charge >= 0.3 is 0 Å². The van der Waals surface area contributed by atoms with Crippen LogP contribution in [0.1, 0.15) is 13.8 Å². The minimum atomic E-state index is -0.950. The van der Waals surface area contributed by atoms with E-state index in [4.69, 9.17) is 11.6 Å². The quantitative estimate of drug-likeness (QED) is 0.842. The first-order chi connectivity index (χ1) is 11.8. The van der Waals surface area contributed by atoms with Crippen molar-refractivity contribution in [3.63, 3.8) is 0 Å². The summed E-state index contributed by atoms with van der Waals surface area (Å²) in [5, 5.41) is 24.7. The maximum atomic E-state index is 12.1. The Balaban J connectivity index is 2.10. The molecule has 1 atom stereocenters. The summed E-state index contributed by atoms with van der Waals surface area (Å²) in [6.45, 7) is 3.35. The molecule has 0 fully saturated rings. The van der Waals surface area contributed by atoms with Gasteiger partial charge in [0.05, 0.1) is 28.5 Å². The highest BCUT2D eigenvalue weighted by atomic mass is 35.5. The Kier molecular flexibility index (Phi) is 5.73. The zero-order valence-corrected chi connectivity index (χ0v) is 15.2. The lowest BCUT2D eigenvalue weighted by Crippen LogP contribution is -2.44. The Bertz CT molecular complexity index is 819. The number of halogens is 1. The van der Waals surface area contributed by atoms with Crippen molar-refractivity contribution in [1.82, 2.24) is 5.32 Å². The number of amides is 2. The van der Waals surface area contributed by atoms with Gasteiger partial charge in [-0.15, -0.1) is 0 Å². The number of nitriles is 2. The van der Waals surface area contributed by atoms with Gasteiger partial charge in [-0.3, -0.25) is 9.59 Å². The fourth-order valence-corrected chi connectivity index (χ4v) is 3.50. The van der Waals surface area contributed by atoms with Crippen LogP contribution in [-0.4, -0.2) is 17.6 Å². The molecular formula is C17H15ClN4O2S. The Hall–Kier alpha value is -2.48. The number of hydrogen-bond acceptors (Lipinski definition) is 5. The van der Waals surface area contributed by atoms with Gasteiger partial charge in [-0.2, -0.15) is 10.5 Å². The molecule has 2 amide bonds. The first kappa shape index (κ1) is 18.9. The SMILES string of the molecule is CC1(C)C(C#N)=C(SCC(=O)Nc2ccc(Cl)cc2)NC(=O)[C@H]1C#N. The summed E-state index contributed by atoms with van der Waals surface area (Å²) in [6.07, 6.45) is 0. The summed E-state index contributed by atoms with van der Waals surface area (Å²) < 4.78 is 0. The molecule has 0 bridgehead atoms. The van der Waals surface area contributed by atoms with E-state index in [2.05, 4.69) is 16.7 Å². The van der Waals surface area contributed by atoms with Crippen molar-refractivity contribution in [2.45, 2.75) is 13.8 Å². The predicted molar refractivity (Wildman–Crippen MR) is 96.2 cm³/mol. The zero-order chi connectivity index (χ0) is 18.6. The number of anilines is 1. The molecule has 0 radical (unpaired) electrons. The van der Waals surface area contributed by atoms with Crippen molar-refractivity contribution in [2.75, 3.05) is 11.1 Å². The monoisotopic (exact) mass is 374 g/mol. The molecule has 1 aromatic rings. The number of nitrogens with zero attached hydrogens (tertiary/aromatic N) is 2. The topological polar surface area (TPSA) is 106 Å². The third kappa shape index (κ3) is 4.14. The third-order valence-corrected chi connectivity index (χ3v) is 5.06. The Morgan fingerprint density at radius 2 is 2.00 bits per heavy atom. The van der Waals surface area contributed by atoms with Crippen LogP contribution in [0.25, 0.3) is 0 Å². The normalized spacial score (nSPS) is 18.8. The van der Waals surface area contributed by atoms with Crippen LogP contribution in [0.2, 0.25) is 5.02 Å². The summed E-state index contributed by atoms with van der Waals surface area (Å²) in [7, 11) is 0. The van der Waals surface area contributed by atoms with Crippen LogP contribution in [0.15, 0.2) is 34.9 Å². The van der Waals surface area contributed by atoms with Gasteiger partial charge in [-0.05, 0) is 24.3 Å². The first-order valence-electron chi connectivity index (χ1n) is 7.33. The highest BCUT2D eigenvalue weighted by Crippen LogP contribution is 2.41. The number of thioether (sulfide) groups is 1. The van der Waals surface area contributed by atoms with Crippen LogP contribution in [0.5, 0.6) is 0 Å². The molecule has 25 heavy (non-hydrogen) atoms. The average molecular weight is 375 g/mol. The van der Waals surface area contributed by atoms with Crippen LogP contribution in [0, 0.1) is 34.0 Å². The number of benzene rings is 1. The van der Waals surface area contributed by atoms with Gasteiger partial charge < -0.3 is 10.6 Å². The molecule has 128 valence electrons. The molecule has 1 heterocycles. The van der Waals surface area contributed by atoms with E-state index in [1.807, 2.05) is 6.07 Å². The van der Waals surface area contributed by atoms with Crippen molar-refractivity contribution in [2.24, 2.45) is 11.3 Å². The predicted octanol–water partition coefficient (Wildman–Crippen LogP) is 3.04. The molecule has 0 aromatic heterocycles. The van der Waals surface area contributed by atoms with Gasteiger partial charge in [-0.25, -0.2) is 0 Å². The molecule has 6 nitrogen and oxygen atoms in total. The first-order valence-corrected chi connectivity index (χ1v) is 8.69. The molecule has 0 saturated carbocycles. The van der Waals surface area contributed by atoms with Gasteiger partial charge in [0.2, 0.25) is 11.8 Å². The molecule has 0 aliphatic carbocycles. The van der Waals surface area contributed by atoms with Crippen LogP contribution in [0.3, 0.4) is 0 Å². The number of carbonyl (C=O) groups excluding carboxylic acids is 2. The van der Waals surface area contributed by atoms with E-state index in [-0.39, 0.29) is 11.7 Å². The molecule has 8 heteroatoms. The van der Waals surface area contributed by atoms with E-state index in [1.165, 1.54) is 0 Å². The Labute approximate surface area is 154 Å². The maximum absolute atomic E-state index is 12.1. The molecule has 0 unspecified atom stereocenters. The molecule has 2 rings (SSSR count). The fraction of sp³-hybridized carbons (Fsp3) is 0.294. The molecule has 1 aliphatic heterocycles. The lowest BCUT2D eigenvalue weighted by molar-refractivity contribution is -0.125. The number of hydrogen-bond donors (Lipinski definition) is 2. The lowest BCUT2D eigenvalue weighted by Gasteiger charge is -2.34. The lowest BCUT2D eigenvalue weighted by atomic mass is 9.72. The second kappa shape index (κ2) is 7.60. The van der Waals surface area contributed by atoms with Crippen molar-refractivity contribution in [3.8, 4) is 12.1 Å². The van der Waals surface area contributed by atoms with Gasteiger partial charge in [0.15, 0.2) is 0 Å². The minimum absolute atomic E-state index is 0.0106. The highest BCUT2D eigenvalue weighted by Gasteiger charge is 2.44. The van der Waals surface area contributed by atoms with Gasteiger partial charge in [-0.1, -0.05) is 37.2 Å². The van der Waals surface area contributed by atoms with Crippen LogP contribution in [0.4, 0.5) is 5.69 Å². The molecular weight excluding hydrogens is 360 g/mol. The van der Waals surface area contributed by atoms with Crippen LogP contribution in [-0.2, 0) is 9.59 Å². The van der Waals surface area contributed by atoms with Crippen molar-refractivity contribution in [3.05, 3.63) is 39.9 Å². The largest absolute Gasteiger partial charge is 0.325 e. The smallest absolute Gasteiger partial charge is 0.243 e. The molecule has 1 aliphatic rings. The van der Waals surface area contributed by atoms with Gasteiger partial charge in [0.1, 0.15) is 5.92 Å². The summed E-state index contributed by atoms with van der Waals surface area (Å²) in [4.78, 5) is 24.1. The number of nitrogens with one attached hydrogen (secondary N) is 2. The second-order valence-electron chi connectivity index (χ2n) is 5.93. The number of rotatable bonds is 4. The van der Waals surface area contributed by atoms with Crippen LogP contribution < -0.4 is 10.6 Å². The third-order valence-electron chi connectivity index (χ3n) is 3.81. The summed E-state index contributed by atoms with van der Waals surface area (Å²) in [5.41, 5.74) is -0.0223. The average Bonchev–Trinajstić information content (AvgIpc) is 2.54. The summed E-state index contributed by atoms with van der Waals surface area (Å²) in [5.74, 6) is -1.69. The molecule has 0 spiro atoms. The van der Waals surface area contributed by atoms with E-state index < -0.39 is 17.2 Å². The highest BCUT2D eigenvalue weighted by molar-refractivity contribution is 8.03. The molecule has 0 saturated heterocycles. The number of carbonyl (C=O) groups is 2. The molecule has 1 aromatic carbocycles. The fourth-order valence-electron chi connectivity index (χ4n) is 2.40. The van der Waals surface area contributed by atoms with Gasteiger partial charge in [0.25, 0.3) is 0 Å². The second-order valence-corrected chi connectivity index (χ2v) is 7.35. The van der Waals surface area contributed by atoms with Crippen molar-refractivity contribution < 1.29 is 9.59 Å². The van der Waals surface area contributed by atoms with E-state index >= 15 is 0 Å². The Morgan fingerprint density at radius 1 is 1.36 bits per heavy atom. The Morgan fingerprint density at radius 3 is 2.56 bits per heavy atom. The van der Waals surface area contributed by atoms with Gasteiger partial charge in [0, 0.05) is 16.1 Å². The standard InChI is InChI=1S/C17H15ClN4O2S/c1-17(2)12(7-19)15(24)22-16(13(17)8-20)25-9-14(23)21-11-5-3-10(18)4-6-11/h3-6,12H,9H2,1-2H3,(H,21,23)(H,22,24)/t12-/m1/s1. The summed E-state index contributed by atoms with van der Waals surface area (Å²) in [6, 6.07) is 10.7. The van der Waals surface area contributed by atoms with E-state index in [0.717, 1.165) is 11.8 Å². The molecule has 2 N–H and O–H groups in total. The van der Waals surface area contributed by atoms with Crippen molar-refractivity contribution >= 4 is 40.9 Å². The maximum Gasteiger partial charge on any atom is 0.243 e. The van der Waals surface area contributed by atoms with E-state index in [1.54, 1.807) is 38.1 Å². The van der Waals surface area contributed by atoms with Crippen LogP contribution >= 0.6 is 23.4 Å².